The Kier molecular flexibility index (Phi) is 6.43. The second kappa shape index (κ2) is 9.30. The number of benzene rings is 3. The molecule has 1 aliphatic heterocycles. The van der Waals surface area contributed by atoms with Crippen molar-refractivity contribution < 1.29 is 27.0 Å². The van der Waals surface area contributed by atoms with Crippen LogP contribution in [0.15, 0.2) is 83.3 Å². The summed E-state index contributed by atoms with van der Waals surface area (Å²) in [5.74, 6) is -1.89. The van der Waals surface area contributed by atoms with Gasteiger partial charge in [-0.2, -0.15) is 8.42 Å². The van der Waals surface area contributed by atoms with Gasteiger partial charge in [0.25, 0.3) is 11.8 Å². The predicted molar refractivity (Wildman–Crippen MR) is 126 cm³/mol. The Labute approximate surface area is 204 Å². The summed E-state index contributed by atoms with van der Waals surface area (Å²) in [6.07, 6.45) is 1.23. The molecule has 1 aliphatic rings. The fourth-order valence-corrected chi connectivity index (χ4v) is 4.53. The van der Waals surface area contributed by atoms with E-state index < -0.39 is 28.0 Å². The highest BCUT2D eigenvalue weighted by Crippen LogP contribution is 2.30. The van der Waals surface area contributed by atoms with Crippen molar-refractivity contribution in [3.63, 3.8) is 0 Å². The summed E-state index contributed by atoms with van der Waals surface area (Å²) >= 11 is 12.1. The molecule has 0 bridgehead atoms. The van der Waals surface area contributed by atoms with Crippen LogP contribution in [0, 0.1) is 0 Å². The highest BCUT2D eigenvalue weighted by atomic mass is 35.5. The van der Waals surface area contributed by atoms with Crippen LogP contribution in [0.5, 0.6) is 5.75 Å². The van der Waals surface area contributed by atoms with E-state index in [0.717, 1.165) is 4.90 Å². The second-order valence-corrected chi connectivity index (χ2v) is 9.37. The molecule has 172 valence electrons. The van der Waals surface area contributed by atoms with Crippen molar-refractivity contribution in [1.29, 1.82) is 0 Å². The van der Waals surface area contributed by atoms with E-state index >= 15 is 0 Å². The minimum Gasteiger partial charge on any atom is -0.377 e. The maximum atomic E-state index is 13.0. The summed E-state index contributed by atoms with van der Waals surface area (Å²) in [6.45, 7) is 0. The van der Waals surface area contributed by atoms with Gasteiger partial charge in [-0.3, -0.25) is 14.9 Å². The highest BCUT2D eigenvalue weighted by molar-refractivity contribution is 7.87. The van der Waals surface area contributed by atoms with Crippen molar-refractivity contribution in [1.82, 2.24) is 5.32 Å². The zero-order valence-electron chi connectivity index (χ0n) is 17.1. The van der Waals surface area contributed by atoms with E-state index in [1.807, 2.05) is 0 Å². The SMILES string of the molecule is O=C1NC(=O)N(c2cccc(Cl)c2)C(=O)/C1=C/c1ccc(OS(=O)(=O)c2ccccc2)c(Cl)c1. The third-order valence-electron chi connectivity index (χ3n) is 4.67. The summed E-state index contributed by atoms with van der Waals surface area (Å²) in [5.41, 5.74) is 0.149. The molecule has 0 aliphatic carbocycles. The molecule has 1 saturated heterocycles. The van der Waals surface area contributed by atoms with Crippen molar-refractivity contribution in [2.75, 3.05) is 4.90 Å². The zero-order valence-corrected chi connectivity index (χ0v) is 19.4. The first-order chi connectivity index (χ1) is 16.2. The monoisotopic (exact) mass is 516 g/mol. The fraction of sp³-hybridized carbons (Fsp3) is 0. The number of carbonyl (C=O) groups is 3. The molecular weight excluding hydrogens is 503 g/mol. The number of urea groups is 1. The van der Waals surface area contributed by atoms with E-state index in [1.165, 1.54) is 48.5 Å². The van der Waals surface area contributed by atoms with E-state index in [9.17, 15) is 22.8 Å². The molecule has 1 heterocycles. The average Bonchev–Trinajstić information content (AvgIpc) is 2.79. The predicted octanol–water partition coefficient (Wildman–Crippen LogP) is 4.43. The standard InChI is InChI=1S/C23H14Cl2N2O6S/c24-15-5-4-6-16(13-15)27-22(29)18(21(28)26-23(27)30)11-14-9-10-20(19(25)12-14)33-34(31,32)17-7-2-1-3-8-17/h1-13H,(H,26,28,30)/b18-11+. The molecule has 3 aromatic rings. The molecule has 34 heavy (non-hydrogen) atoms. The molecular formula is C23H14Cl2N2O6S. The summed E-state index contributed by atoms with van der Waals surface area (Å²) < 4.78 is 30.0. The summed E-state index contributed by atoms with van der Waals surface area (Å²) in [4.78, 5) is 38.3. The van der Waals surface area contributed by atoms with Crippen LogP contribution in [0.4, 0.5) is 10.5 Å². The lowest BCUT2D eigenvalue weighted by Gasteiger charge is -2.26. The normalized spacial score (nSPS) is 15.4. The first kappa shape index (κ1) is 23.5. The topological polar surface area (TPSA) is 110 Å². The molecule has 0 atom stereocenters. The lowest BCUT2D eigenvalue weighted by atomic mass is 10.1. The number of imide groups is 2. The Hall–Kier alpha value is -3.66. The molecule has 0 saturated carbocycles. The van der Waals surface area contributed by atoms with Gasteiger partial charge in [-0.1, -0.05) is 53.5 Å². The van der Waals surface area contributed by atoms with Gasteiger partial charge in [0.15, 0.2) is 5.75 Å². The van der Waals surface area contributed by atoms with E-state index in [4.69, 9.17) is 27.4 Å². The van der Waals surface area contributed by atoms with E-state index in [-0.39, 0.29) is 26.9 Å². The van der Waals surface area contributed by atoms with Crippen LogP contribution < -0.4 is 14.4 Å². The Morgan fingerprint density at radius 2 is 1.62 bits per heavy atom. The van der Waals surface area contributed by atoms with Crippen molar-refractivity contribution in [2.24, 2.45) is 0 Å². The van der Waals surface area contributed by atoms with Crippen LogP contribution in [0.2, 0.25) is 10.0 Å². The smallest absolute Gasteiger partial charge is 0.339 e. The van der Waals surface area contributed by atoms with Crippen molar-refractivity contribution in [3.05, 3.63) is 94.0 Å². The van der Waals surface area contributed by atoms with Gasteiger partial charge in [-0.15, -0.1) is 0 Å². The van der Waals surface area contributed by atoms with Gasteiger partial charge in [0, 0.05) is 5.02 Å². The van der Waals surface area contributed by atoms with Crippen LogP contribution in [0.1, 0.15) is 5.56 Å². The Bertz CT molecular complexity index is 1460. The Balaban J connectivity index is 1.63. The third kappa shape index (κ3) is 4.81. The molecule has 1 N–H and O–H groups in total. The largest absolute Gasteiger partial charge is 0.377 e. The zero-order chi connectivity index (χ0) is 24.5. The van der Waals surface area contributed by atoms with E-state index in [2.05, 4.69) is 5.32 Å². The first-order valence-electron chi connectivity index (χ1n) is 9.62. The number of hydrogen-bond donors (Lipinski definition) is 1. The highest BCUT2D eigenvalue weighted by Gasteiger charge is 2.36. The van der Waals surface area contributed by atoms with Gasteiger partial charge in [0.1, 0.15) is 10.5 Å². The number of nitrogens with zero attached hydrogens (tertiary/aromatic N) is 1. The van der Waals surface area contributed by atoms with Crippen LogP contribution in [0.25, 0.3) is 6.08 Å². The summed E-state index contributed by atoms with van der Waals surface area (Å²) in [7, 11) is -4.11. The van der Waals surface area contributed by atoms with Crippen LogP contribution >= 0.6 is 23.2 Å². The molecule has 1 fully saturated rings. The first-order valence-corrected chi connectivity index (χ1v) is 11.8. The van der Waals surface area contributed by atoms with E-state index in [0.29, 0.717) is 10.6 Å². The number of hydrogen-bond acceptors (Lipinski definition) is 6. The van der Waals surface area contributed by atoms with Crippen molar-refractivity contribution in [2.45, 2.75) is 4.90 Å². The third-order valence-corrected chi connectivity index (χ3v) is 6.45. The van der Waals surface area contributed by atoms with Gasteiger partial charge in [0.05, 0.1) is 10.7 Å². The maximum Gasteiger partial charge on any atom is 0.339 e. The lowest BCUT2D eigenvalue weighted by molar-refractivity contribution is -0.122. The molecule has 3 aromatic carbocycles. The number of amides is 4. The van der Waals surface area contributed by atoms with Crippen LogP contribution in [-0.4, -0.2) is 26.3 Å². The van der Waals surface area contributed by atoms with E-state index in [1.54, 1.807) is 30.3 Å². The van der Waals surface area contributed by atoms with Crippen molar-refractivity contribution in [3.8, 4) is 5.75 Å². The van der Waals surface area contributed by atoms with Gasteiger partial charge in [-0.05, 0) is 54.1 Å². The minimum absolute atomic E-state index is 0.0486. The van der Waals surface area contributed by atoms with Crippen LogP contribution in [0.3, 0.4) is 0 Å². The number of carbonyl (C=O) groups excluding carboxylic acids is 3. The van der Waals surface area contributed by atoms with Gasteiger partial charge >= 0.3 is 16.1 Å². The number of rotatable bonds is 5. The second-order valence-electron chi connectivity index (χ2n) is 6.98. The summed E-state index contributed by atoms with van der Waals surface area (Å²) in [6, 6.07) is 16.7. The molecule has 0 radical (unpaired) electrons. The maximum absolute atomic E-state index is 13.0. The molecule has 4 amide bonds. The number of halogens is 2. The Morgan fingerprint density at radius 1 is 0.882 bits per heavy atom. The van der Waals surface area contributed by atoms with Crippen molar-refractivity contribution >= 4 is 62.9 Å². The van der Waals surface area contributed by atoms with Gasteiger partial charge < -0.3 is 4.18 Å². The van der Waals surface area contributed by atoms with Crippen LogP contribution in [-0.2, 0) is 19.7 Å². The van der Waals surface area contributed by atoms with Gasteiger partial charge in [0.2, 0.25) is 0 Å². The molecule has 8 nitrogen and oxygen atoms in total. The number of anilines is 1. The lowest BCUT2D eigenvalue weighted by Crippen LogP contribution is -2.54. The summed E-state index contributed by atoms with van der Waals surface area (Å²) in [5, 5.41) is 2.33. The fourth-order valence-electron chi connectivity index (χ4n) is 3.10. The quantitative estimate of drug-likeness (QED) is 0.305. The van der Waals surface area contributed by atoms with Gasteiger partial charge in [-0.25, -0.2) is 9.69 Å². The number of barbiturate groups is 1. The molecule has 0 aromatic heterocycles. The number of nitrogens with one attached hydrogen (secondary N) is 1. The average molecular weight is 517 g/mol. The molecule has 11 heteroatoms. The molecule has 4 rings (SSSR count). The molecule has 0 spiro atoms. The minimum atomic E-state index is -4.11. The Morgan fingerprint density at radius 3 is 2.29 bits per heavy atom. The molecule has 0 unspecified atom stereocenters.